The van der Waals surface area contributed by atoms with Gasteiger partial charge < -0.3 is 9.52 Å². The first kappa shape index (κ1) is 9.96. The normalized spacial score (nSPS) is 25.3. The predicted octanol–water partition coefficient (Wildman–Crippen LogP) is 2.80. The van der Waals surface area contributed by atoms with E-state index < -0.39 is 11.8 Å². The standard InChI is InChI=1S/C11H11FO3/c1-6-4-8(6)10-3-2-7(15-10)5-9(12)11(13)14/h2-3,5-6,8H,4H2,1H3,(H,13,14)/b9-5+. The van der Waals surface area contributed by atoms with Gasteiger partial charge in [0.25, 0.3) is 0 Å². The number of rotatable bonds is 3. The van der Waals surface area contributed by atoms with E-state index in [4.69, 9.17) is 9.52 Å². The summed E-state index contributed by atoms with van der Waals surface area (Å²) >= 11 is 0. The molecule has 0 amide bonds. The van der Waals surface area contributed by atoms with E-state index in [-0.39, 0.29) is 5.76 Å². The van der Waals surface area contributed by atoms with Crippen LogP contribution in [0, 0.1) is 5.92 Å². The van der Waals surface area contributed by atoms with Gasteiger partial charge in [0, 0.05) is 12.0 Å². The Labute approximate surface area is 86.2 Å². The minimum atomic E-state index is -1.58. The van der Waals surface area contributed by atoms with Gasteiger partial charge in [0.2, 0.25) is 5.83 Å². The molecule has 2 atom stereocenters. The first-order valence-electron chi connectivity index (χ1n) is 4.78. The summed E-state index contributed by atoms with van der Waals surface area (Å²) in [4.78, 5) is 10.2. The lowest BCUT2D eigenvalue weighted by molar-refractivity contribution is -0.134. The van der Waals surface area contributed by atoms with Crippen LogP contribution in [0.3, 0.4) is 0 Å². The van der Waals surface area contributed by atoms with Crippen molar-refractivity contribution in [1.29, 1.82) is 0 Å². The summed E-state index contributed by atoms with van der Waals surface area (Å²) in [5.74, 6) is -0.694. The van der Waals surface area contributed by atoms with Crippen molar-refractivity contribution < 1.29 is 18.7 Å². The molecule has 1 aromatic heterocycles. The van der Waals surface area contributed by atoms with Gasteiger partial charge in [0.05, 0.1) is 0 Å². The second-order valence-electron chi connectivity index (χ2n) is 3.86. The van der Waals surface area contributed by atoms with Crippen molar-refractivity contribution in [3.63, 3.8) is 0 Å². The molecule has 1 N–H and O–H groups in total. The van der Waals surface area contributed by atoms with Gasteiger partial charge in [0.15, 0.2) is 0 Å². The number of carboxylic acid groups (broad SMARTS) is 1. The fraction of sp³-hybridized carbons (Fsp3) is 0.364. The third kappa shape index (κ3) is 2.09. The zero-order valence-corrected chi connectivity index (χ0v) is 8.24. The van der Waals surface area contributed by atoms with Gasteiger partial charge in [-0.25, -0.2) is 4.79 Å². The minimum absolute atomic E-state index is 0.254. The number of hydrogen-bond acceptors (Lipinski definition) is 2. The summed E-state index contributed by atoms with van der Waals surface area (Å²) in [5.41, 5.74) is 0. The van der Waals surface area contributed by atoms with Gasteiger partial charge in [-0.1, -0.05) is 6.92 Å². The van der Waals surface area contributed by atoms with E-state index in [2.05, 4.69) is 6.92 Å². The molecule has 1 fully saturated rings. The van der Waals surface area contributed by atoms with E-state index in [0.29, 0.717) is 11.8 Å². The Morgan fingerprint density at radius 3 is 2.87 bits per heavy atom. The van der Waals surface area contributed by atoms with Crippen LogP contribution in [-0.2, 0) is 4.79 Å². The minimum Gasteiger partial charge on any atom is -0.476 e. The van der Waals surface area contributed by atoms with Crippen LogP contribution in [0.15, 0.2) is 22.4 Å². The largest absolute Gasteiger partial charge is 0.476 e. The first-order chi connectivity index (χ1) is 7.08. The van der Waals surface area contributed by atoms with Crippen molar-refractivity contribution in [2.75, 3.05) is 0 Å². The molecule has 2 rings (SSSR count). The first-order valence-corrected chi connectivity index (χ1v) is 4.78. The number of halogens is 1. The molecule has 4 heteroatoms. The number of carboxylic acids is 1. The van der Waals surface area contributed by atoms with Crippen LogP contribution >= 0.6 is 0 Å². The summed E-state index contributed by atoms with van der Waals surface area (Å²) in [6.45, 7) is 2.11. The van der Waals surface area contributed by atoms with Gasteiger partial charge >= 0.3 is 5.97 Å². The zero-order chi connectivity index (χ0) is 11.0. The molecular formula is C11H11FO3. The van der Waals surface area contributed by atoms with Gasteiger partial charge in [-0.05, 0) is 24.5 Å². The molecule has 1 heterocycles. The second kappa shape index (κ2) is 3.53. The van der Waals surface area contributed by atoms with E-state index in [0.717, 1.165) is 18.3 Å². The van der Waals surface area contributed by atoms with Gasteiger partial charge in [-0.15, -0.1) is 0 Å². The summed E-state index contributed by atoms with van der Waals surface area (Å²) in [5, 5.41) is 8.33. The quantitative estimate of drug-likeness (QED) is 0.780. The summed E-state index contributed by atoms with van der Waals surface area (Å²) < 4.78 is 18.0. The molecule has 1 saturated carbocycles. The average Bonchev–Trinajstić information content (AvgIpc) is 2.73. The van der Waals surface area contributed by atoms with Crippen molar-refractivity contribution >= 4 is 12.0 Å². The van der Waals surface area contributed by atoms with Crippen molar-refractivity contribution in [2.45, 2.75) is 19.3 Å². The fourth-order valence-corrected chi connectivity index (χ4v) is 1.55. The van der Waals surface area contributed by atoms with Gasteiger partial charge in [-0.2, -0.15) is 4.39 Å². The summed E-state index contributed by atoms with van der Waals surface area (Å²) in [7, 11) is 0. The Hall–Kier alpha value is -1.58. The maximum absolute atomic E-state index is 12.7. The number of furan rings is 1. The molecule has 0 radical (unpaired) electrons. The highest BCUT2D eigenvalue weighted by atomic mass is 19.1. The number of carbonyl (C=O) groups is 1. The molecule has 0 aromatic carbocycles. The van der Waals surface area contributed by atoms with Crippen LogP contribution < -0.4 is 0 Å². The smallest absolute Gasteiger partial charge is 0.364 e. The number of aliphatic carboxylic acids is 1. The average molecular weight is 210 g/mol. The molecule has 0 bridgehead atoms. The Bertz CT molecular complexity index is 419. The molecule has 3 nitrogen and oxygen atoms in total. The summed E-state index contributed by atoms with van der Waals surface area (Å²) in [6, 6.07) is 3.36. The Balaban J connectivity index is 2.14. The van der Waals surface area contributed by atoms with E-state index in [1.807, 2.05) is 0 Å². The molecule has 0 spiro atoms. The van der Waals surface area contributed by atoms with Crippen molar-refractivity contribution in [3.8, 4) is 0 Å². The monoisotopic (exact) mass is 210 g/mol. The molecular weight excluding hydrogens is 199 g/mol. The maximum Gasteiger partial charge on any atom is 0.364 e. The van der Waals surface area contributed by atoms with E-state index in [1.165, 1.54) is 0 Å². The highest BCUT2D eigenvalue weighted by Crippen LogP contribution is 2.47. The second-order valence-corrected chi connectivity index (χ2v) is 3.86. The van der Waals surface area contributed by atoms with Crippen LogP contribution in [0.1, 0.15) is 30.8 Å². The molecule has 1 aromatic rings. The topological polar surface area (TPSA) is 50.4 Å². The Morgan fingerprint density at radius 2 is 2.33 bits per heavy atom. The molecule has 80 valence electrons. The maximum atomic E-state index is 12.7. The van der Waals surface area contributed by atoms with E-state index in [9.17, 15) is 9.18 Å². The Kier molecular flexibility index (Phi) is 2.34. The Morgan fingerprint density at radius 1 is 1.67 bits per heavy atom. The molecule has 15 heavy (non-hydrogen) atoms. The molecule has 0 aliphatic heterocycles. The van der Waals surface area contributed by atoms with Gasteiger partial charge in [-0.3, -0.25) is 0 Å². The fourth-order valence-electron chi connectivity index (χ4n) is 1.55. The lowest BCUT2D eigenvalue weighted by Crippen LogP contribution is -1.93. The molecule has 0 saturated heterocycles. The highest BCUT2D eigenvalue weighted by Gasteiger charge is 2.36. The third-order valence-corrected chi connectivity index (χ3v) is 2.60. The van der Waals surface area contributed by atoms with Crippen LogP contribution in [0.5, 0.6) is 0 Å². The lowest BCUT2D eigenvalue weighted by atomic mass is 10.3. The van der Waals surface area contributed by atoms with Crippen molar-refractivity contribution in [2.24, 2.45) is 5.92 Å². The summed E-state index contributed by atoms with van der Waals surface area (Å²) in [6.07, 6.45) is 1.97. The van der Waals surface area contributed by atoms with Crippen molar-refractivity contribution in [1.82, 2.24) is 0 Å². The van der Waals surface area contributed by atoms with Gasteiger partial charge in [0.1, 0.15) is 11.5 Å². The SMILES string of the molecule is CC1CC1c1ccc(/C=C(/F)C(=O)O)o1. The van der Waals surface area contributed by atoms with Crippen molar-refractivity contribution in [3.05, 3.63) is 29.5 Å². The van der Waals surface area contributed by atoms with Crippen LogP contribution in [0.4, 0.5) is 4.39 Å². The third-order valence-electron chi connectivity index (χ3n) is 2.60. The predicted molar refractivity (Wildman–Crippen MR) is 52.0 cm³/mol. The molecule has 1 aliphatic rings. The number of hydrogen-bond donors (Lipinski definition) is 1. The lowest BCUT2D eigenvalue weighted by Gasteiger charge is -1.90. The molecule has 1 aliphatic carbocycles. The van der Waals surface area contributed by atoms with E-state index in [1.54, 1.807) is 12.1 Å². The zero-order valence-electron chi connectivity index (χ0n) is 8.24. The van der Waals surface area contributed by atoms with Crippen LogP contribution in [0.25, 0.3) is 6.08 Å². The molecule has 2 unspecified atom stereocenters. The van der Waals surface area contributed by atoms with E-state index >= 15 is 0 Å². The van der Waals surface area contributed by atoms with Crippen LogP contribution in [-0.4, -0.2) is 11.1 Å². The van der Waals surface area contributed by atoms with Crippen LogP contribution in [0.2, 0.25) is 0 Å². The highest BCUT2D eigenvalue weighted by molar-refractivity contribution is 5.89.